The van der Waals surface area contributed by atoms with E-state index < -0.39 is 11.6 Å². The molecule has 0 bridgehead atoms. The van der Waals surface area contributed by atoms with Gasteiger partial charge in [0.25, 0.3) is 0 Å². The quantitative estimate of drug-likeness (QED) is 0.414. The zero-order valence-electron chi connectivity index (χ0n) is 17.6. The molecular weight excluding hydrogens is 468 g/mol. The number of halogens is 3. The maximum Gasteiger partial charge on any atom is 0.326 e. The third kappa shape index (κ3) is 3.73. The lowest BCUT2D eigenvalue weighted by molar-refractivity contribution is -0.0904. The summed E-state index contributed by atoms with van der Waals surface area (Å²) in [5, 5.41) is 11.8. The summed E-state index contributed by atoms with van der Waals surface area (Å²) >= 11 is 6.44. The Balaban J connectivity index is 1.45. The van der Waals surface area contributed by atoms with Gasteiger partial charge in [-0.1, -0.05) is 29.8 Å². The first-order chi connectivity index (χ1) is 16.6. The molecular formula is C23H18ClF2N5O3. The van der Waals surface area contributed by atoms with Gasteiger partial charge in [-0.15, -0.1) is 0 Å². The van der Waals surface area contributed by atoms with Crippen LogP contribution in [0.4, 0.5) is 14.6 Å². The molecule has 2 aliphatic rings. The van der Waals surface area contributed by atoms with E-state index in [2.05, 4.69) is 25.5 Å². The molecule has 8 nitrogen and oxygen atoms in total. The average molecular weight is 486 g/mol. The highest BCUT2D eigenvalue weighted by Gasteiger charge is 2.42. The minimum Gasteiger partial charge on any atom is -0.421 e. The first-order valence-electron chi connectivity index (χ1n) is 10.7. The highest BCUT2D eigenvalue weighted by Crippen LogP contribution is 2.38. The minimum atomic E-state index is -0.868. The maximum atomic E-state index is 14.2. The number of aromatic amines is 1. The molecule has 2 aliphatic heterocycles. The lowest BCUT2D eigenvalue weighted by atomic mass is 10.0. The van der Waals surface area contributed by atoms with Crippen molar-refractivity contribution >= 4 is 28.5 Å². The summed E-state index contributed by atoms with van der Waals surface area (Å²) in [5.74, 6) is -1.21. The van der Waals surface area contributed by atoms with Crippen molar-refractivity contribution < 1.29 is 23.0 Å². The maximum absolute atomic E-state index is 14.2. The third-order valence-corrected chi connectivity index (χ3v) is 6.32. The SMILES string of the molecule is Fc1ccc(Oc2nc(NC3COC4OCCC34)c3c(-c4ccccc4Cl)[nH]nc3n2)c(F)c1. The van der Waals surface area contributed by atoms with Gasteiger partial charge < -0.3 is 19.5 Å². The Morgan fingerprint density at radius 3 is 2.85 bits per heavy atom. The predicted octanol–water partition coefficient (Wildman–Crippen LogP) is 4.92. The first kappa shape index (κ1) is 21.2. The van der Waals surface area contributed by atoms with Crippen LogP contribution in [-0.4, -0.2) is 45.7 Å². The normalized spacial score (nSPS) is 21.7. The van der Waals surface area contributed by atoms with Crippen molar-refractivity contribution in [2.75, 3.05) is 18.5 Å². The Hall–Kier alpha value is -3.34. The molecule has 2 aromatic carbocycles. The van der Waals surface area contributed by atoms with Gasteiger partial charge >= 0.3 is 6.01 Å². The van der Waals surface area contributed by atoms with Gasteiger partial charge in [0.1, 0.15) is 11.6 Å². The van der Waals surface area contributed by atoms with Crippen molar-refractivity contribution in [3.63, 3.8) is 0 Å². The number of aromatic nitrogens is 4. The summed E-state index contributed by atoms with van der Waals surface area (Å²) in [6.45, 7) is 1.06. The molecule has 6 rings (SSSR count). The Labute approximate surface area is 197 Å². The van der Waals surface area contributed by atoms with Crippen LogP contribution in [0.3, 0.4) is 0 Å². The molecule has 4 heterocycles. The van der Waals surface area contributed by atoms with E-state index in [4.69, 9.17) is 25.8 Å². The van der Waals surface area contributed by atoms with Crippen molar-refractivity contribution in [3.8, 4) is 23.0 Å². The Morgan fingerprint density at radius 1 is 1.12 bits per heavy atom. The fourth-order valence-electron chi connectivity index (χ4n) is 4.36. The van der Waals surface area contributed by atoms with Gasteiger partial charge in [-0.2, -0.15) is 15.1 Å². The highest BCUT2D eigenvalue weighted by molar-refractivity contribution is 6.33. The van der Waals surface area contributed by atoms with Crippen LogP contribution >= 0.6 is 11.6 Å². The number of anilines is 1. The van der Waals surface area contributed by atoms with Gasteiger partial charge in [0, 0.05) is 22.6 Å². The van der Waals surface area contributed by atoms with Crippen LogP contribution in [0.1, 0.15) is 6.42 Å². The monoisotopic (exact) mass is 485 g/mol. The van der Waals surface area contributed by atoms with Crippen LogP contribution in [-0.2, 0) is 9.47 Å². The molecule has 4 aromatic rings. The molecule has 174 valence electrons. The summed E-state index contributed by atoms with van der Waals surface area (Å²) in [6.07, 6.45) is 0.593. The predicted molar refractivity (Wildman–Crippen MR) is 120 cm³/mol. The fourth-order valence-corrected chi connectivity index (χ4v) is 4.59. The van der Waals surface area contributed by atoms with Gasteiger partial charge in [-0.3, -0.25) is 5.10 Å². The molecule has 0 amide bonds. The standard InChI is InChI=1S/C23H18ClF2N5O3/c24-14-4-2-1-3-12(14)19-18-20(27-16-10-33-22-13(16)7-8-32-22)28-23(29-21(18)31-30-19)34-17-6-5-11(25)9-15(17)26/h1-6,9,13,16,22H,7-8,10H2,(H2,27,28,29,30,31). The van der Waals surface area contributed by atoms with E-state index in [0.29, 0.717) is 40.8 Å². The molecule has 2 aromatic heterocycles. The minimum absolute atomic E-state index is 0.0741. The van der Waals surface area contributed by atoms with E-state index in [-0.39, 0.29) is 30.0 Å². The molecule has 0 radical (unpaired) electrons. The molecule has 2 N–H and O–H groups in total. The number of H-pyrrole nitrogens is 1. The van der Waals surface area contributed by atoms with E-state index in [1.807, 2.05) is 18.2 Å². The molecule has 0 spiro atoms. The lowest BCUT2D eigenvalue weighted by Crippen LogP contribution is -2.29. The zero-order chi connectivity index (χ0) is 23.2. The van der Waals surface area contributed by atoms with Crippen LogP contribution < -0.4 is 10.1 Å². The highest BCUT2D eigenvalue weighted by atomic mass is 35.5. The first-order valence-corrected chi connectivity index (χ1v) is 11.1. The smallest absolute Gasteiger partial charge is 0.326 e. The van der Waals surface area contributed by atoms with Gasteiger partial charge in [0.05, 0.1) is 30.3 Å². The number of fused-ring (bicyclic) bond motifs is 2. The molecule has 3 unspecified atom stereocenters. The van der Waals surface area contributed by atoms with E-state index in [1.54, 1.807) is 6.07 Å². The molecule has 2 saturated heterocycles. The van der Waals surface area contributed by atoms with Crippen molar-refractivity contribution in [1.82, 2.24) is 20.2 Å². The average Bonchev–Trinajstić information content (AvgIpc) is 3.53. The van der Waals surface area contributed by atoms with Crippen molar-refractivity contribution in [2.45, 2.75) is 18.8 Å². The second kappa shape index (κ2) is 8.46. The Bertz CT molecular complexity index is 1380. The van der Waals surface area contributed by atoms with Crippen molar-refractivity contribution in [2.24, 2.45) is 5.92 Å². The molecule has 0 aliphatic carbocycles. The van der Waals surface area contributed by atoms with Crippen LogP contribution in [0.2, 0.25) is 5.02 Å². The van der Waals surface area contributed by atoms with Crippen LogP contribution in [0, 0.1) is 17.6 Å². The molecule has 11 heteroatoms. The summed E-state index contributed by atoms with van der Waals surface area (Å²) in [7, 11) is 0. The topological polar surface area (TPSA) is 94.2 Å². The van der Waals surface area contributed by atoms with Gasteiger partial charge in [0.15, 0.2) is 23.5 Å². The summed E-state index contributed by atoms with van der Waals surface area (Å²) in [4.78, 5) is 8.86. The largest absolute Gasteiger partial charge is 0.421 e. The fraction of sp³-hybridized carbons (Fsp3) is 0.261. The zero-order valence-corrected chi connectivity index (χ0v) is 18.4. The number of hydrogen-bond donors (Lipinski definition) is 2. The van der Waals surface area contributed by atoms with E-state index in [9.17, 15) is 8.78 Å². The molecule has 34 heavy (non-hydrogen) atoms. The summed E-state index contributed by atoms with van der Waals surface area (Å²) < 4.78 is 44.4. The molecule has 2 fully saturated rings. The van der Waals surface area contributed by atoms with Crippen molar-refractivity contribution in [1.29, 1.82) is 0 Å². The Morgan fingerprint density at radius 2 is 2.00 bits per heavy atom. The van der Waals surface area contributed by atoms with Crippen LogP contribution in [0.25, 0.3) is 22.3 Å². The van der Waals surface area contributed by atoms with Gasteiger partial charge in [-0.05, 0) is 24.6 Å². The van der Waals surface area contributed by atoms with Crippen molar-refractivity contribution in [3.05, 3.63) is 59.1 Å². The van der Waals surface area contributed by atoms with E-state index in [1.165, 1.54) is 6.07 Å². The molecule has 0 saturated carbocycles. The number of nitrogens with one attached hydrogen (secondary N) is 2. The Kier molecular flexibility index (Phi) is 5.28. The van der Waals surface area contributed by atoms with Crippen LogP contribution in [0.15, 0.2) is 42.5 Å². The number of nitrogens with zero attached hydrogens (tertiary/aromatic N) is 3. The second-order valence-electron chi connectivity index (χ2n) is 8.08. The van der Waals surface area contributed by atoms with Gasteiger partial charge in [0.2, 0.25) is 0 Å². The summed E-state index contributed by atoms with van der Waals surface area (Å²) in [5.41, 5.74) is 1.64. The van der Waals surface area contributed by atoms with E-state index >= 15 is 0 Å². The number of benzene rings is 2. The van der Waals surface area contributed by atoms with Crippen LogP contribution in [0.5, 0.6) is 11.8 Å². The van der Waals surface area contributed by atoms with Gasteiger partial charge in [-0.25, -0.2) is 8.78 Å². The number of hydrogen-bond acceptors (Lipinski definition) is 7. The third-order valence-electron chi connectivity index (χ3n) is 5.99. The number of ether oxygens (including phenoxy) is 3. The molecule has 3 atom stereocenters. The lowest BCUT2D eigenvalue weighted by Gasteiger charge is -2.18. The van der Waals surface area contributed by atoms with E-state index in [0.717, 1.165) is 24.1 Å². The summed E-state index contributed by atoms with van der Waals surface area (Å²) in [6, 6.07) is 10.1. The number of rotatable bonds is 5. The second-order valence-corrected chi connectivity index (χ2v) is 8.49.